The van der Waals surface area contributed by atoms with Crippen LogP contribution in [0.4, 0.5) is 8.78 Å². The van der Waals surface area contributed by atoms with Crippen LogP contribution in [-0.4, -0.2) is 22.5 Å². The number of hydrogen-bond acceptors (Lipinski definition) is 3. The molecule has 0 saturated heterocycles. The smallest absolute Gasteiger partial charge is 0.243 e. The second-order valence-electron chi connectivity index (χ2n) is 3.13. The number of rotatable bonds is 4. The first-order chi connectivity index (χ1) is 7.42. The topological polar surface area (TPSA) is 58.2 Å². The highest BCUT2D eigenvalue weighted by atomic mass is 32.2. The minimum absolute atomic E-state index is 0.253. The summed E-state index contributed by atoms with van der Waals surface area (Å²) in [5.74, 6) is -2.55. The third-order valence-corrected chi connectivity index (χ3v) is 3.41. The van der Waals surface area contributed by atoms with E-state index in [2.05, 4.69) is 5.32 Å². The highest BCUT2D eigenvalue weighted by Gasteiger charge is 2.21. The molecule has 1 aromatic carbocycles. The van der Waals surface area contributed by atoms with Gasteiger partial charge in [0.2, 0.25) is 10.0 Å². The Morgan fingerprint density at radius 3 is 2.38 bits per heavy atom. The van der Waals surface area contributed by atoms with Gasteiger partial charge in [0, 0.05) is 6.54 Å². The second-order valence-corrected chi connectivity index (χ2v) is 4.98. The predicted octanol–water partition coefficient (Wildman–Crippen LogP) is 0.592. The Morgan fingerprint density at radius 1 is 1.25 bits per heavy atom. The average Bonchev–Trinajstić information content (AvgIpc) is 2.23. The molecule has 0 saturated carbocycles. The summed E-state index contributed by atoms with van der Waals surface area (Å²) >= 11 is 0. The molecular weight excluding hydrogens is 238 g/mol. The normalized spacial score (nSPS) is 11.8. The summed E-state index contributed by atoms with van der Waals surface area (Å²) in [6.07, 6.45) is 0. The van der Waals surface area contributed by atoms with Crippen LogP contribution in [0.2, 0.25) is 0 Å². The summed E-state index contributed by atoms with van der Waals surface area (Å²) in [6, 6.07) is 2.06. The molecular formula is C9H12F2N2O2S. The largest absolute Gasteiger partial charge is 0.316 e. The Labute approximate surface area is 92.7 Å². The minimum atomic E-state index is -3.98. The summed E-state index contributed by atoms with van der Waals surface area (Å²) in [6.45, 7) is 0.253. The van der Waals surface area contributed by atoms with E-state index in [0.29, 0.717) is 5.56 Å². The fraction of sp³-hybridized carbons (Fsp3) is 0.333. The molecule has 0 aliphatic carbocycles. The maximum Gasteiger partial charge on any atom is 0.243 e. The maximum atomic E-state index is 13.3. The first kappa shape index (κ1) is 13.0. The maximum absolute atomic E-state index is 13.3. The first-order valence-corrected chi connectivity index (χ1v) is 5.96. The van der Waals surface area contributed by atoms with Crippen molar-refractivity contribution >= 4 is 10.0 Å². The molecule has 0 aliphatic heterocycles. The number of nitrogens with one attached hydrogen (secondary N) is 2. The van der Waals surface area contributed by atoms with E-state index >= 15 is 0 Å². The number of benzene rings is 1. The van der Waals surface area contributed by atoms with Gasteiger partial charge in [0.05, 0.1) is 0 Å². The van der Waals surface area contributed by atoms with E-state index in [1.54, 1.807) is 7.05 Å². The molecule has 0 heterocycles. The molecule has 0 unspecified atom stereocenters. The van der Waals surface area contributed by atoms with Crippen LogP contribution in [0.3, 0.4) is 0 Å². The third kappa shape index (κ3) is 2.55. The molecule has 7 heteroatoms. The zero-order valence-electron chi connectivity index (χ0n) is 8.84. The van der Waals surface area contributed by atoms with Crippen molar-refractivity contribution in [2.24, 2.45) is 0 Å². The van der Waals surface area contributed by atoms with Crippen LogP contribution < -0.4 is 10.0 Å². The van der Waals surface area contributed by atoms with Crippen molar-refractivity contribution in [3.8, 4) is 0 Å². The van der Waals surface area contributed by atoms with E-state index in [0.717, 1.165) is 19.2 Å². The van der Waals surface area contributed by atoms with Gasteiger partial charge in [0.25, 0.3) is 0 Å². The Morgan fingerprint density at radius 2 is 1.88 bits per heavy atom. The lowest BCUT2D eigenvalue weighted by Crippen LogP contribution is -2.21. The van der Waals surface area contributed by atoms with Crippen LogP contribution in [0.25, 0.3) is 0 Å². The molecule has 16 heavy (non-hydrogen) atoms. The lowest BCUT2D eigenvalue weighted by Gasteiger charge is -2.07. The number of hydrogen-bond donors (Lipinski definition) is 2. The summed E-state index contributed by atoms with van der Waals surface area (Å²) < 4.78 is 51.1. The van der Waals surface area contributed by atoms with E-state index in [9.17, 15) is 17.2 Å². The highest BCUT2D eigenvalue weighted by Crippen LogP contribution is 2.19. The van der Waals surface area contributed by atoms with E-state index < -0.39 is 26.6 Å². The fourth-order valence-corrected chi connectivity index (χ4v) is 2.09. The molecule has 90 valence electrons. The van der Waals surface area contributed by atoms with E-state index in [-0.39, 0.29) is 6.54 Å². The Hall–Kier alpha value is -1.05. The third-order valence-electron chi connectivity index (χ3n) is 1.99. The van der Waals surface area contributed by atoms with Gasteiger partial charge in [0.1, 0.15) is 4.90 Å². The standard InChI is InChI=1S/C9H12F2N2O2S/c1-12-5-6-3-7(10)9(11)8(4-6)16(14,15)13-2/h3-4,12-13H,5H2,1-2H3. The van der Waals surface area contributed by atoms with Gasteiger partial charge in [-0.25, -0.2) is 21.9 Å². The number of sulfonamides is 1. The molecule has 0 aliphatic rings. The summed E-state index contributed by atoms with van der Waals surface area (Å²) in [7, 11) is -1.23. The molecule has 0 spiro atoms. The molecule has 0 atom stereocenters. The fourth-order valence-electron chi connectivity index (χ4n) is 1.23. The number of halogens is 2. The first-order valence-electron chi connectivity index (χ1n) is 4.48. The van der Waals surface area contributed by atoms with Crippen molar-refractivity contribution in [1.82, 2.24) is 10.0 Å². The summed E-state index contributed by atoms with van der Waals surface area (Å²) in [5.41, 5.74) is 0.357. The van der Waals surface area contributed by atoms with Crippen LogP contribution in [0.1, 0.15) is 5.56 Å². The van der Waals surface area contributed by atoms with Gasteiger partial charge in [0.15, 0.2) is 11.6 Å². The lowest BCUT2D eigenvalue weighted by atomic mass is 10.2. The minimum Gasteiger partial charge on any atom is -0.316 e. The van der Waals surface area contributed by atoms with Crippen molar-refractivity contribution in [1.29, 1.82) is 0 Å². The van der Waals surface area contributed by atoms with Crippen LogP contribution in [0, 0.1) is 11.6 Å². The molecule has 4 nitrogen and oxygen atoms in total. The quantitative estimate of drug-likeness (QED) is 0.822. The average molecular weight is 250 g/mol. The van der Waals surface area contributed by atoms with Crippen LogP contribution in [0.5, 0.6) is 0 Å². The molecule has 2 N–H and O–H groups in total. The van der Waals surface area contributed by atoms with Crippen molar-refractivity contribution in [3.05, 3.63) is 29.3 Å². The van der Waals surface area contributed by atoms with Crippen molar-refractivity contribution in [3.63, 3.8) is 0 Å². The predicted molar refractivity (Wildman–Crippen MR) is 55.4 cm³/mol. The van der Waals surface area contributed by atoms with Gasteiger partial charge in [-0.1, -0.05) is 0 Å². The SMILES string of the molecule is CNCc1cc(F)c(F)c(S(=O)(=O)NC)c1. The summed E-state index contributed by atoms with van der Waals surface area (Å²) in [5, 5.41) is 2.72. The summed E-state index contributed by atoms with van der Waals surface area (Å²) in [4.78, 5) is -0.680. The van der Waals surface area contributed by atoms with Crippen LogP contribution >= 0.6 is 0 Å². The molecule has 1 rings (SSSR count). The van der Waals surface area contributed by atoms with Crippen molar-refractivity contribution in [2.45, 2.75) is 11.4 Å². The van der Waals surface area contributed by atoms with Gasteiger partial charge in [-0.3, -0.25) is 0 Å². The van der Waals surface area contributed by atoms with Crippen molar-refractivity contribution in [2.75, 3.05) is 14.1 Å². The molecule has 0 amide bonds. The van der Waals surface area contributed by atoms with Crippen molar-refractivity contribution < 1.29 is 17.2 Å². The van der Waals surface area contributed by atoms with Gasteiger partial charge in [-0.2, -0.15) is 0 Å². The highest BCUT2D eigenvalue weighted by molar-refractivity contribution is 7.89. The Bertz CT molecular complexity index is 489. The van der Waals surface area contributed by atoms with Crippen LogP contribution in [0.15, 0.2) is 17.0 Å². The van der Waals surface area contributed by atoms with E-state index in [1.165, 1.54) is 0 Å². The zero-order valence-corrected chi connectivity index (χ0v) is 9.66. The molecule has 0 aromatic heterocycles. The molecule has 0 fully saturated rings. The Kier molecular flexibility index (Phi) is 3.95. The van der Waals surface area contributed by atoms with E-state index in [4.69, 9.17) is 0 Å². The van der Waals surface area contributed by atoms with Gasteiger partial charge in [-0.15, -0.1) is 0 Å². The lowest BCUT2D eigenvalue weighted by molar-refractivity contribution is 0.481. The molecule has 0 bridgehead atoms. The molecule has 1 aromatic rings. The second kappa shape index (κ2) is 4.86. The van der Waals surface area contributed by atoms with Gasteiger partial charge < -0.3 is 5.32 Å². The van der Waals surface area contributed by atoms with E-state index in [1.807, 2.05) is 4.72 Å². The zero-order chi connectivity index (χ0) is 12.3. The molecule has 0 radical (unpaired) electrons. The van der Waals surface area contributed by atoms with Gasteiger partial charge >= 0.3 is 0 Å². The van der Waals surface area contributed by atoms with Crippen LogP contribution in [-0.2, 0) is 16.6 Å². The monoisotopic (exact) mass is 250 g/mol. The Balaban J connectivity index is 3.38. The van der Waals surface area contributed by atoms with Gasteiger partial charge in [-0.05, 0) is 31.8 Å².